The van der Waals surface area contributed by atoms with Gasteiger partial charge in [0.1, 0.15) is 6.10 Å². The van der Waals surface area contributed by atoms with Crippen LogP contribution in [0.1, 0.15) is 36.4 Å². The number of hydrogen-bond donors (Lipinski definition) is 0. The molecule has 2 bridgehead atoms. The van der Waals surface area contributed by atoms with E-state index < -0.39 is 0 Å². The summed E-state index contributed by atoms with van der Waals surface area (Å²) in [5.74, 6) is 0.863. The highest BCUT2D eigenvalue weighted by molar-refractivity contribution is 5.69. The maximum Gasteiger partial charge on any atom is 0.410 e. The number of piperidine rings is 3. The summed E-state index contributed by atoms with van der Waals surface area (Å²) < 4.78 is 6.10. The number of hydrogen-bond acceptors (Lipinski definition) is 3. The molecule has 3 atom stereocenters. The summed E-state index contributed by atoms with van der Waals surface area (Å²) in [6, 6.07) is 8.68. The second kappa shape index (κ2) is 7.16. The summed E-state index contributed by atoms with van der Waals surface area (Å²) >= 11 is 0. The van der Waals surface area contributed by atoms with E-state index >= 15 is 0 Å². The van der Waals surface area contributed by atoms with Gasteiger partial charge in [0.15, 0.2) is 0 Å². The quantitative estimate of drug-likeness (QED) is 0.797. The van der Waals surface area contributed by atoms with Crippen LogP contribution in [-0.2, 0) is 11.2 Å². The Morgan fingerprint density at radius 2 is 1.93 bits per heavy atom. The molecule has 27 heavy (non-hydrogen) atoms. The molecule has 3 fully saturated rings. The van der Waals surface area contributed by atoms with Crippen molar-refractivity contribution in [3.63, 3.8) is 0 Å². The third-order valence-electron chi connectivity index (χ3n) is 6.83. The lowest BCUT2D eigenvalue weighted by Gasteiger charge is -2.46. The lowest BCUT2D eigenvalue weighted by molar-refractivity contribution is -0.0491. The van der Waals surface area contributed by atoms with E-state index in [1.54, 1.807) is 0 Å². The van der Waals surface area contributed by atoms with Crippen molar-refractivity contribution in [2.45, 2.75) is 37.8 Å². The summed E-state index contributed by atoms with van der Waals surface area (Å²) in [5.41, 5.74) is 2.66. The van der Waals surface area contributed by atoms with Gasteiger partial charge in [-0.3, -0.25) is 4.90 Å². The molecular weight excluding hydrogens is 336 g/mol. The van der Waals surface area contributed by atoms with Gasteiger partial charge in [-0.05, 0) is 55.8 Å². The Labute approximate surface area is 161 Å². The Morgan fingerprint density at radius 3 is 2.67 bits per heavy atom. The van der Waals surface area contributed by atoms with Gasteiger partial charge in [0, 0.05) is 19.0 Å². The van der Waals surface area contributed by atoms with Crippen LogP contribution < -0.4 is 0 Å². The first-order valence-electron chi connectivity index (χ1n) is 10.4. The van der Waals surface area contributed by atoms with E-state index in [0.29, 0.717) is 11.8 Å². The van der Waals surface area contributed by atoms with Gasteiger partial charge in [-0.25, -0.2) is 4.79 Å². The van der Waals surface area contributed by atoms with Gasteiger partial charge in [0.05, 0.1) is 6.04 Å². The Kier molecular flexibility index (Phi) is 4.52. The normalized spacial score (nSPS) is 34.4. The van der Waals surface area contributed by atoms with Gasteiger partial charge in [-0.2, -0.15) is 0 Å². The van der Waals surface area contributed by atoms with Crippen LogP contribution in [-0.4, -0.2) is 48.2 Å². The molecule has 0 spiro atoms. The molecule has 1 unspecified atom stereocenters. The molecule has 0 radical (unpaired) electrons. The number of benzene rings is 1. The molecule has 0 aromatic heterocycles. The molecule has 5 aliphatic rings. The second-order valence-corrected chi connectivity index (χ2v) is 8.36. The number of fused-ring (bicyclic) bond motifs is 4. The van der Waals surface area contributed by atoms with E-state index in [2.05, 4.69) is 53.5 Å². The minimum atomic E-state index is -0.115. The highest BCUT2D eigenvalue weighted by Gasteiger charge is 2.40. The van der Waals surface area contributed by atoms with Crippen LogP contribution in [0.4, 0.5) is 4.79 Å². The number of amides is 1. The number of carbonyl (C=O) groups is 1. The summed E-state index contributed by atoms with van der Waals surface area (Å²) in [7, 11) is 0. The number of ether oxygens (including phenoxy) is 1. The first-order valence-corrected chi connectivity index (χ1v) is 10.4. The topological polar surface area (TPSA) is 32.8 Å². The van der Waals surface area contributed by atoms with E-state index in [-0.39, 0.29) is 18.2 Å². The van der Waals surface area contributed by atoms with Crippen molar-refractivity contribution in [3.05, 3.63) is 59.7 Å². The predicted molar refractivity (Wildman–Crippen MR) is 105 cm³/mol. The predicted octanol–water partition coefficient (Wildman–Crippen LogP) is 3.95. The Hall–Kier alpha value is -2.07. The van der Waals surface area contributed by atoms with Crippen LogP contribution in [0, 0.1) is 11.8 Å². The summed E-state index contributed by atoms with van der Waals surface area (Å²) in [6.07, 6.45) is 12.8. The van der Waals surface area contributed by atoms with Crippen molar-refractivity contribution in [1.29, 1.82) is 0 Å². The fraction of sp³-hybridized carbons (Fsp3) is 0.522. The molecule has 0 saturated carbocycles. The van der Waals surface area contributed by atoms with E-state index in [0.717, 1.165) is 39.0 Å². The van der Waals surface area contributed by atoms with Gasteiger partial charge in [-0.15, -0.1) is 0 Å². The van der Waals surface area contributed by atoms with Crippen molar-refractivity contribution >= 4 is 6.09 Å². The monoisotopic (exact) mass is 364 g/mol. The fourth-order valence-corrected chi connectivity index (χ4v) is 5.34. The first kappa shape index (κ1) is 17.1. The van der Waals surface area contributed by atoms with Crippen molar-refractivity contribution < 1.29 is 9.53 Å². The van der Waals surface area contributed by atoms with E-state index in [9.17, 15) is 4.79 Å². The summed E-state index contributed by atoms with van der Waals surface area (Å²) in [6.45, 7) is 3.99. The zero-order chi connectivity index (χ0) is 18.2. The molecular formula is C23H28N2O2. The van der Waals surface area contributed by atoms with Gasteiger partial charge < -0.3 is 9.64 Å². The lowest BCUT2D eigenvalue weighted by atomic mass is 9.82. The van der Waals surface area contributed by atoms with Crippen molar-refractivity contribution in [2.75, 3.05) is 26.2 Å². The molecule has 1 aromatic rings. The largest absolute Gasteiger partial charge is 0.444 e. The van der Waals surface area contributed by atoms with Gasteiger partial charge in [0.25, 0.3) is 0 Å². The zero-order valence-corrected chi connectivity index (χ0v) is 15.8. The molecule has 0 N–H and O–H groups in total. The van der Waals surface area contributed by atoms with Gasteiger partial charge in [-0.1, -0.05) is 48.6 Å². The number of carbonyl (C=O) groups excluding carboxylic acids is 1. The average molecular weight is 364 g/mol. The van der Waals surface area contributed by atoms with Gasteiger partial charge in [0.2, 0.25) is 0 Å². The molecule has 1 amide bonds. The Balaban J connectivity index is 1.39. The Morgan fingerprint density at radius 1 is 1.07 bits per heavy atom. The first-order chi connectivity index (χ1) is 13.3. The summed E-state index contributed by atoms with van der Waals surface area (Å²) in [4.78, 5) is 17.7. The maximum absolute atomic E-state index is 13.2. The molecule has 4 aliphatic heterocycles. The van der Waals surface area contributed by atoms with Crippen LogP contribution >= 0.6 is 0 Å². The minimum Gasteiger partial charge on any atom is -0.444 e. The van der Waals surface area contributed by atoms with Crippen molar-refractivity contribution in [3.8, 4) is 0 Å². The highest BCUT2D eigenvalue weighted by Crippen LogP contribution is 2.39. The zero-order valence-electron chi connectivity index (χ0n) is 15.8. The lowest BCUT2D eigenvalue weighted by Crippen LogP contribution is -2.53. The molecule has 142 valence electrons. The van der Waals surface area contributed by atoms with Crippen LogP contribution in [0.15, 0.2) is 48.6 Å². The maximum atomic E-state index is 13.2. The molecule has 4 nitrogen and oxygen atoms in total. The SMILES string of the molecule is O=C(O[C@@H]1CN2CCC1CC2)N1CCc2ccccc2[C@@H]1C1C=CC=CC1. The molecule has 1 aliphatic carbocycles. The highest BCUT2D eigenvalue weighted by atomic mass is 16.6. The minimum absolute atomic E-state index is 0.0691. The standard InChI is InChI=1S/C23H28N2O2/c26-23(27-21-16-24-13-10-18(21)11-14-24)25-15-12-17-6-4-5-9-20(17)22(25)19-7-2-1-3-8-19/h1-7,9,18-19,21-22H,8,10-16H2/t19?,21-,22+/m1/s1. The van der Waals surface area contributed by atoms with E-state index in [1.165, 1.54) is 24.0 Å². The molecule has 3 saturated heterocycles. The van der Waals surface area contributed by atoms with Gasteiger partial charge >= 0.3 is 6.09 Å². The van der Waals surface area contributed by atoms with Crippen molar-refractivity contribution in [2.24, 2.45) is 11.8 Å². The van der Waals surface area contributed by atoms with E-state index in [1.807, 2.05) is 4.90 Å². The van der Waals surface area contributed by atoms with Crippen LogP contribution in [0.25, 0.3) is 0 Å². The Bertz CT molecular complexity index is 763. The fourth-order valence-electron chi connectivity index (χ4n) is 5.34. The third-order valence-corrected chi connectivity index (χ3v) is 6.83. The average Bonchev–Trinajstić information content (AvgIpc) is 2.74. The third kappa shape index (κ3) is 3.20. The molecule has 6 rings (SSSR count). The van der Waals surface area contributed by atoms with Crippen molar-refractivity contribution in [1.82, 2.24) is 9.80 Å². The molecule has 4 heteroatoms. The van der Waals surface area contributed by atoms with Crippen LogP contribution in [0.3, 0.4) is 0 Å². The second-order valence-electron chi connectivity index (χ2n) is 8.36. The van der Waals surface area contributed by atoms with Crippen LogP contribution in [0.2, 0.25) is 0 Å². The smallest absolute Gasteiger partial charge is 0.410 e. The number of allylic oxidation sites excluding steroid dienone is 3. The summed E-state index contributed by atoms with van der Waals surface area (Å²) in [5, 5.41) is 0. The van der Waals surface area contributed by atoms with E-state index in [4.69, 9.17) is 4.74 Å². The number of rotatable bonds is 2. The molecule has 4 heterocycles. The number of nitrogens with zero attached hydrogens (tertiary/aromatic N) is 2. The van der Waals surface area contributed by atoms with Crippen LogP contribution in [0.5, 0.6) is 0 Å². The molecule has 1 aromatic carbocycles.